The van der Waals surface area contributed by atoms with Crippen molar-refractivity contribution in [1.82, 2.24) is 0 Å². The number of nitrogens with zero attached hydrogens (tertiary/aromatic N) is 1. The van der Waals surface area contributed by atoms with Crippen LogP contribution in [0.25, 0.3) is 0 Å². The number of anilines is 2. The molecule has 2 atom stereocenters. The largest absolute Gasteiger partial charge is 0.482 e. The first-order valence-electron chi connectivity index (χ1n) is 6.70. The summed E-state index contributed by atoms with van der Waals surface area (Å²) in [7, 11) is 2.06. The number of nitrogens with two attached hydrogens (primary N) is 1. The van der Waals surface area contributed by atoms with Crippen molar-refractivity contribution in [3.63, 3.8) is 0 Å². The lowest BCUT2D eigenvalue weighted by Gasteiger charge is -2.31. The van der Waals surface area contributed by atoms with Crippen molar-refractivity contribution in [3.8, 4) is 5.75 Å². The van der Waals surface area contributed by atoms with Crippen LogP contribution in [0.5, 0.6) is 5.75 Å². The number of nitrogens with one attached hydrogen (secondary N) is 1. The lowest BCUT2D eigenvalue weighted by atomic mass is 10.1. The summed E-state index contributed by atoms with van der Waals surface area (Å²) in [4.78, 5) is 13.6. The highest BCUT2D eigenvalue weighted by Crippen LogP contribution is 2.34. The van der Waals surface area contributed by atoms with Crippen LogP contribution in [0.3, 0.4) is 0 Å². The molecule has 1 aliphatic carbocycles. The number of fused-ring (bicyclic) bond motifs is 1. The van der Waals surface area contributed by atoms with E-state index in [9.17, 15) is 4.79 Å². The van der Waals surface area contributed by atoms with E-state index in [2.05, 4.69) is 17.3 Å². The van der Waals surface area contributed by atoms with E-state index in [1.165, 1.54) is 6.42 Å². The van der Waals surface area contributed by atoms with Crippen LogP contribution in [0, 0.1) is 0 Å². The van der Waals surface area contributed by atoms with Gasteiger partial charge in [-0.25, -0.2) is 0 Å². The van der Waals surface area contributed by atoms with Gasteiger partial charge in [0.1, 0.15) is 5.75 Å². The quantitative estimate of drug-likeness (QED) is 0.843. The van der Waals surface area contributed by atoms with Gasteiger partial charge in [0, 0.05) is 24.8 Å². The smallest absolute Gasteiger partial charge is 0.262 e. The van der Waals surface area contributed by atoms with Crippen molar-refractivity contribution in [2.45, 2.75) is 31.3 Å². The number of rotatable bonds is 2. The van der Waals surface area contributed by atoms with Crippen LogP contribution >= 0.6 is 0 Å². The molecule has 1 saturated carbocycles. The van der Waals surface area contributed by atoms with Gasteiger partial charge >= 0.3 is 0 Å². The summed E-state index contributed by atoms with van der Waals surface area (Å²) in [6, 6.07) is 6.48. The van der Waals surface area contributed by atoms with Gasteiger partial charge in [0.15, 0.2) is 6.61 Å². The second-order valence-electron chi connectivity index (χ2n) is 5.29. The fourth-order valence-corrected chi connectivity index (χ4v) is 2.93. The van der Waals surface area contributed by atoms with Gasteiger partial charge in [-0.1, -0.05) is 0 Å². The molecule has 102 valence electrons. The lowest BCUT2D eigenvalue weighted by molar-refractivity contribution is -0.118. The maximum Gasteiger partial charge on any atom is 0.262 e. The molecule has 0 bridgehead atoms. The Kier molecular flexibility index (Phi) is 3.06. The van der Waals surface area contributed by atoms with Gasteiger partial charge in [0.05, 0.1) is 5.69 Å². The second kappa shape index (κ2) is 4.74. The van der Waals surface area contributed by atoms with E-state index >= 15 is 0 Å². The topological polar surface area (TPSA) is 67.6 Å². The Balaban J connectivity index is 1.85. The van der Waals surface area contributed by atoms with Crippen molar-refractivity contribution in [3.05, 3.63) is 18.2 Å². The molecule has 1 aromatic carbocycles. The molecular formula is C14H19N3O2. The molecule has 1 aromatic rings. The third-order valence-electron chi connectivity index (χ3n) is 4.03. The minimum atomic E-state index is -0.107. The number of amides is 1. The van der Waals surface area contributed by atoms with E-state index < -0.39 is 0 Å². The number of carbonyl (C=O) groups excluding carboxylic acids is 1. The van der Waals surface area contributed by atoms with Crippen molar-refractivity contribution in [1.29, 1.82) is 0 Å². The summed E-state index contributed by atoms with van der Waals surface area (Å²) >= 11 is 0. The van der Waals surface area contributed by atoms with Crippen LogP contribution in [0.4, 0.5) is 11.4 Å². The number of hydrogen-bond donors (Lipinski definition) is 2. The average Bonchev–Trinajstić information content (AvgIpc) is 2.83. The number of carbonyl (C=O) groups is 1. The first kappa shape index (κ1) is 12.3. The van der Waals surface area contributed by atoms with Crippen LogP contribution < -0.4 is 20.7 Å². The molecule has 1 fully saturated rings. The van der Waals surface area contributed by atoms with E-state index in [-0.39, 0.29) is 18.6 Å². The van der Waals surface area contributed by atoms with Gasteiger partial charge in [0.2, 0.25) is 0 Å². The maximum atomic E-state index is 11.3. The predicted molar refractivity (Wildman–Crippen MR) is 74.6 cm³/mol. The van der Waals surface area contributed by atoms with Gasteiger partial charge in [-0.15, -0.1) is 0 Å². The van der Waals surface area contributed by atoms with E-state index in [4.69, 9.17) is 10.5 Å². The fraction of sp³-hybridized carbons (Fsp3) is 0.500. The van der Waals surface area contributed by atoms with Gasteiger partial charge < -0.3 is 20.7 Å². The Morgan fingerprint density at radius 2 is 2.26 bits per heavy atom. The molecule has 5 heteroatoms. The Bertz CT molecular complexity index is 503. The van der Waals surface area contributed by atoms with Crippen LogP contribution in [0.15, 0.2) is 18.2 Å². The normalized spacial score (nSPS) is 25.5. The molecule has 3 rings (SSSR count). The zero-order valence-electron chi connectivity index (χ0n) is 11.1. The molecule has 0 radical (unpaired) electrons. The zero-order valence-corrected chi connectivity index (χ0v) is 11.1. The van der Waals surface area contributed by atoms with Crippen LogP contribution in [0.1, 0.15) is 19.3 Å². The standard InChI is InChI=1S/C14H19N3O2/c1-17(12-4-2-3-10(12)15)9-5-6-13-11(7-9)16-14(18)8-19-13/h5-7,10,12H,2-4,8,15H2,1H3,(H,16,18). The average molecular weight is 261 g/mol. The molecule has 2 unspecified atom stereocenters. The molecule has 1 amide bonds. The predicted octanol–water partition coefficient (Wildman–Crippen LogP) is 1.33. The van der Waals surface area contributed by atoms with Gasteiger partial charge in [-0.05, 0) is 37.5 Å². The first-order chi connectivity index (χ1) is 9.15. The number of benzene rings is 1. The van der Waals surface area contributed by atoms with Crippen molar-refractivity contribution in [2.75, 3.05) is 23.9 Å². The Labute approximate surface area is 112 Å². The third-order valence-corrected chi connectivity index (χ3v) is 4.03. The van der Waals surface area contributed by atoms with Gasteiger partial charge in [-0.3, -0.25) is 4.79 Å². The third kappa shape index (κ3) is 2.26. The van der Waals surface area contributed by atoms with E-state index in [0.717, 1.165) is 30.0 Å². The van der Waals surface area contributed by atoms with Crippen LogP contribution in [-0.4, -0.2) is 31.6 Å². The molecule has 0 aromatic heterocycles. The zero-order chi connectivity index (χ0) is 13.4. The second-order valence-corrected chi connectivity index (χ2v) is 5.29. The van der Waals surface area contributed by atoms with E-state index in [1.807, 2.05) is 18.2 Å². The maximum absolute atomic E-state index is 11.3. The van der Waals surface area contributed by atoms with E-state index in [0.29, 0.717) is 6.04 Å². The molecule has 1 aliphatic heterocycles. The highest BCUT2D eigenvalue weighted by atomic mass is 16.5. The molecule has 5 nitrogen and oxygen atoms in total. The van der Waals surface area contributed by atoms with Crippen LogP contribution in [0.2, 0.25) is 0 Å². The van der Waals surface area contributed by atoms with Crippen molar-refractivity contribution < 1.29 is 9.53 Å². The summed E-state index contributed by atoms with van der Waals surface area (Å²) in [5, 5.41) is 2.84. The SMILES string of the molecule is CN(c1ccc2c(c1)NC(=O)CO2)C1CCCC1N. The molecule has 3 N–H and O–H groups in total. The highest BCUT2D eigenvalue weighted by Gasteiger charge is 2.28. The summed E-state index contributed by atoms with van der Waals surface area (Å²) in [6.07, 6.45) is 3.39. The Hall–Kier alpha value is -1.75. The Morgan fingerprint density at radius 3 is 3.00 bits per heavy atom. The molecule has 2 aliphatic rings. The van der Waals surface area contributed by atoms with Crippen LogP contribution in [-0.2, 0) is 4.79 Å². The molecule has 1 heterocycles. The number of likely N-dealkylation sites (N-methyl/N-ethyl adjacent to an activating group) is 1. The molecule has 0 saturated heterocycles. The number of hydrogen-bond acceptors (Lipinski definition) is 4. The highest BCUT2D eigenvalue weighted by molar-refractivity contribution is 5.96. The monoisotopic (exact) mass is 261 g/mol. The number of ether oxygens (including phenoxy) is 1. The summed E-state index contributed by atoms with van der Waals surface area (Å²) < 4.78 is 5.36. The van der Waals surface area contributed by atoms with Crippen molar-refractivity contribution in [2.24, 2.45) is 5.73 Å². The minimum absolute atomic E-state index is 0.0929. The molecular weight excluding hydrogens is 242 g/mol. The molecule has 19 heavy (non-hydrogen) atoms. The van der Waals surface area contributed by atoms with Gasteiger partial charge in [-0.2, -0.15) is 0 Å². The van der Waals surface area contributed by atoms with E-state index in [1.54, 1.807) is 0 Å². The fourth-order valence-electron chi connectivity index (χ4n) is 2.93. The minimum Gasteiger partial charge on any atom is -0.482 e. The van der Waals surface area contributed by atoms with Crippen molar-refractivity contribution >= 4 is 17.3 Å². The summed E-state index contributed by atoms with van der Waals surface area (Å²) in [5.74, 6) is 0.623. The lowest BCUT2D eigenvalue weighted by Crippen LogP contribution is -2.42. The van der Waals surface area contributed by atoms with Gasteiger partial charge in [0.25, 0.3) is 5.91 Å². The molecule has 0 spiro atoms. The first-order valence-corrected chi connectivity index (χ1v) is 6.70. The summed E-state index contributed by atoms with van der Waals surface area (Å²) in [5.41, 5.74) is 7.95. The summed E-state index contributed by atoms with van der Waals surface area (Å²) in [6.45, 7) is 0.0929. The Morgan fingerprint density at radius 1 is 1.42 bits per heavy atom.